The van der Waals surface area contributed by atoms with E-state index in [-0.39, 0.29) is 5.09 Å². The molecule has 2 N–H and O–H groups in total. The van der Waals surface area contributed by atoms with Crippen LogP contribution < -0.4 is 10.0 Å². The van der Waals surface area contributed by atoms with Crippen molar-refractivity contribution in [3.8, 4) is 0 Å². The van der Waals surface area contributed by atoms with Crippen molar-refractivity contribution in [2.45, 2.75) is 11.6 Å². The van der Waals surface area contributed by atoms with Crippen LogP contribution in [0.25, 0.3) is 0 Å². The largest absolute Gasteiger partial charge is 0.447 e. The minimum absolute atomic E-state index is 0.0611. The van der Waals surface area contributed by atoms with E-state index in [1.807, 2.05) is 7.05 Å². The maximum absolute atomic E-state index is 11.5. The topological polar surface area (TPSA) is 83.8 Å². The number of furan rings is 1. The molecule has 7 nitrogen and oxygen atoms in total. The number of likely N-dealkylation sites (N-methyl/N-ethyl adjacent to an activating group) is 1. The Kier molecular flexibility index (Phi) is 7.17. The molecule has 1 aromatic rings. The summed E-state index contributed by atoms with van der Waals surface area (Å²) in [5.41, 5.74) is 0. The molecule has 1 heterocycles. The van der Waals surface area contributed by atoms with Crippen molar-refractivity contribution in [1.29, 1.82) is 0 Å². The highest BCUT2D eigenvalue weighted by Crippen LogP contribution is 2.12. The van der Waals surface area contributed by atoms with Crippen LogP contribution in [0.5, 0.6) is 0 Å². The van der Waals surface area contributed by atoms with Gasteiger partial charge in [0.25, 0.3) is 10.0 Å². The smallest absolute Gasteiger partial charge is 0.273 e. The normalized spacial score (nSPS) is 12.2. The van der Waals surface area contributed by atoms with Crippen molar-refractivity contribution >= 4 is 10.0 Å². The predicted octanol–water partition coefficient (Wildman–Crippen LogP) is -0.144. The summed E-state index contributed by atoms with van der Waals surface area (Å²) in [7, 11) is 1.55. The molecule has 8 heteroatoms. The van der Waals surface area contributed by atoms with Gasteiger partial charge < -0.3 is 19.4 Å². The minimum atomic E-state index is -3.50. The zero-order valence-electron chi connectivity index (χ0n) is 12.2. The molecule has 20 heavy (non-hydrogen) atoms. The Morgan fingerprint density at radius 2 is 2.10 bits per heavy atom. The highest BCUT2D eigenvalue weighted by atomic mass is 32.2. The minimum Gasteiger partial charge on any atom is -0.447 e. The maximum Gasteiger partial charge on any atom is 0.273 e. The van der Waals surface area contributed by atoms with Gasteiger partial charge in [0.15, 0.2) is 0 Å². The Labute approximate surface area is 120 Å². The lowest BCUT2D eigenvalue weighted by Crippen LogP contribution is -2.31. The first-order valence-electron chi connectivity index (χ1n) is 6.40. The number of nitrogens with zero attached hydrogens (tertiary/aromatic N) is 1. The van der Waals surface area contributed by atoms with E-state index in [1.54, 1.807) is 13.2 Å². The van der Waals surface area contributed by atoms with Crippen LogP contribution in [-0.2, 0) is 21.3 Å². The lowest BCUT2D eigenvalue weighted by Gasteiger charge is -2.15. The van der Waals surface area contributed by atoms with Crippen LogP contribution in [-0.4, -0.2) is 60.8 Å². The second-order valence-electron chi connectivity index (χ2n) is 4.40. The average molecular weight is 305 g/mol. The monoisotopic (exact) mass is 305 g/mol. The second-order valence-corrected chi connectivity index (χ2v) is 6.22. The van der Waals surface area contributed by atoms with E-state index in [2.05, 4.69) is 14.9 Å². The van der Waals surface area contributed by atoms with Gasteiger partial charge in [-0.25, -0.2) is 13.1 Å². The summed E-state index contributed by atoms with van der Waals surface area (Å²) in [5.74, 6) is 0.596. The molecule has 0 amide bonds. The van der Waals surface area contributed by atoms with E-state index in [1.165, 1.54) is 13.1 Å². The van der Waals surface area contributed by atoms with Crippen molar-refractivity contribution in [1.82, 2.24) is 14.9 Å². The molecule has 0 bridgehead atoms. The van der Waals surface area contributed by atoms with E-state index in [4.69, 9.17) is 9.15 Å². The number of hydrogen-bond acceptors (Lipinski definition) is 6. The first-order valence-corrected chi connectivity index (χ1v) is 7.88. The molecular weight excluding hydrogens is 282 g/mol. The Hall–Kier alpha value is -0.930. The number of ether oxygens (including phenoxy) is 1. The maximum atomic E-state index is 11.5. The summed E-state index contributed by atoms with van der Waals surface area (Å²) in [4.78, 5) is 2.15. The van der Waals surface area contributed by atoms with Gasteiger partial charge in [-0.2, -0.15) is 0 Å². The highest BCUT2D eigenvalue weighted by molar-refractivity contribution is 7.89. The molecular formula is C12H23N3O4S. The van der Waals surface area contributed by atoms with E-state index >= 15 is 0 Å². The van der Waals surface area contributed by atoms with Gasteiger partial charge in [-0.15, -0.1) is 0 Å². The Morgan fingerprint density at radius 1 is 1.35 bits per heavy atom. The highest BCUT2D eigenvalue weighted by Gasteiger charge is 2.15. The number of rotatable bonds is 10. The number of hydrogen-bond donors (Lipinski definition) is 2. The molecule has 0 aliphatic carbocycles. The van der Waals surface area contributed by atoms with Gasteiger partial charge in [-0.1, -0.05) is 0 Å². The zero-order chi connectivity index (χ0) is 15.0. The lowest BCUT2D eigenvalue weighted by atomic mass is 10.4. The van der Waals surface area contributed by atoms with Crippen molar-refractivity contribution in [3.63, 3.8) is 0 Å². The van der Waals surface area contributed by atoms with Crippen LogP contribution in [0, 0.1) is 0 Å². The fourth-order valence-electron chi connectivity index (χ4n) is 1.54. The quantitative estimate of drug-likeness (QED) is 0.585. The van der Waals surface area contributed by atoms with Crippen LogP contribution in [0.2, 0.25) is 0 Å². The van der Waals surface area contributed by atoms with Crippen LogP contribution in [0.1, 0.15) is 5.76 Å². The van der Waals surface area contributed by atoms with Gasteiger partial charge in [0, 0.05) is 26.7 Å². The third-order valence-corrected chi connectivity index (χ3v) is 4.10. The van der Waals surface area contributed by atoms with Crippen molar-refractivity contribution in [2.24, 2.45) is 0 Å². The van der Waals surface area contributed by atoms with Crippen molar-refractivity contribution in [3.05, 3.63) is 17.9 Å². The molecule has 1 rings (SSSR count). The fraction of sp³-hybridized carbons (Fsp3) is 0.667. The molecule has 0 unspecified atom stereocenters. The van der Waals surface area contributed by atoms with Gasteiger partial charge in [0.1, 0.15) is 5.76 Å². The van der Waals surface area contributed by atoms with Crippen LogP contribution in [0.4, 0.5) is 0 Å². The average Bonchev–Trinajstić information content (AvgIpc) is 2.91. The molecule has 1 aromatic heterocycles. The molecule has 0 atom stereocenters. The summed E-state index contributed by atoms with van der Waals surface area (Å²) in [5, 5.41) is 3.14. The number of sulfonamides is 1. The number of methoxy groups -OCH3 is 1. The first-order chi connectivity index (χ1) is 9.49. The predicted molar refractivity (Wildman–Crippen MR) is 76.0 cm³/mol. The van der Waals surface area contributed by atoms with E-state index in [0.717, 1.165) is 19.6 Å². The summed E-state index contributed by atoms with van der Waals surface area (Å²) >= 11 is 0. The molecule has 0 radical (unpaired) electrons. The third kappa shape index (κ3) is 5.59. The van der Waals surface area contributed by atoms with Gasteiger partial charge >= 0.3 is 0 Å². The Bertz CT molecular complexity index is 487. The summed E-state index contributed by atoms with van der Waals surface area (Å²) in [6, 6.07) is 3.11. The molecule has 0 saturated carbocycles. The van der Waals surface area contributed by atoms with E-state index in [9.17, 15) is 8.42 Å². The molecule has 0 aliphatic rings. The van der Waals surface area contributed by atoms with E-state index in [0.29, 0.717) is 18.9 Å². The van der Waals surface area contributed by atoms with Gasteiger partial charge in [-0.05, 0) is 26.2 Å². The van der Waals surface area contributed by atoms with Crippen LogP contribution in [0.3, 0.4) is 0 Å². The summed E-state index contributed by atoms with van der Waals surface area (Å²) in [6.07, 6.45) is 0. The molecule has 116 valence electrons. The SMILES string of the molecule is CNS(=O)(=O)c1ccc(CNCCN(C)CCOC)o1. The standard InChI is InChI=1S/C12H23N3O4S/c1-13-20(16,17)12-5-4-11(19-12)10-14-6-7-15(2)8-9-18-3/h4-5,13-14H,6-10H2,1-3H3. The first kappa shape index (κ1) is 17.1. The number of nitrogens with one attached hydrogen (secondary N) is 2. The Balaban J connectivity index is 2.30. The van der Waals surface area contributed by atoms with Crippen LogP contribution >= 0.6 is 0 Å². The molecule has 0 fully saturated rings. The van der Waals surface area contributed by atoms with Gasteiger partial charge in [0.05, 0.1) is 13.2 Å². The molecule has 0 spiro atoms. The van der Waals surface area contributed by atoms with Crippen molar-refractivity contribution < 1.29 is 17.6 Å². The summed E-state index contributed by atoms with van der Waals surface area (Å²) in [6.45, 7) is 3.75. The van der Waals surface area contributed by atoms with E-state index < -0.39 is 10.0 Å². The molecule has 0 aliphatic heterocycles. The third-order valence-electron chi connectivity index (χ3n) is 2.82. The Morgan fingerprint density at radius 3 is 2.75 bits per heavy atom. The fourth-order valence-corrected chi connectivity index (χ4v) is 2.20. The zero-order valence-corrected chi connectivity index (χ0v) is 13.0. The molecule has 0 saturated heterocycles. The second kappa shape index (κ2) is 8.38. The van der Waals surface area contributed by atoms with Gasteiger partial charge in [0.2, 0.25) is 5.09 Å². The van der Waals surface area contributed by atoms with Crippen molar-refractivity contribution in [2.75, 3.05) is 47.4 Å². The molecule has 0 aromatic carbocycles. The lowest BCUT2D eigenvalue weighted by molar-refractivity contribution is 0.161. The summed E-state index contributed by atoms with van der Waals surface area (Å²) < 4.78 is 35.5. The van der Waals surface area contributed by atoms with Gasteiger partial charge in [-0.3, -0.25) is 0 Å². The van der Waals surface area contributed by atoms with Crippen LogP contribution in [0.15, 0.2) is 21.6 Å².